The molecule has 94 valence electrons. The third-order valence-electron chi connectivity index (χ3n) is 3.19. The Bertz CT molecular complexity index is 391. The summed E-state index contributed by atoms with van der Waals surface area (Å²) in [6.45, 7) is 3.83. The van der Waals surface area contributed by atoms with E-state index in [4.69, 9.17) is 4.74 Å². The van der Waals surface area contributed by atoms with Crippen LogP contribution in [-0.2, 0) is 22.5 Å². The standard InChI is InChI=1S/C11H18N4O2/c1-3-15-11(13-7-14-15)4-10(16)8-5-17-6-9(8)12-2/h7-9,12H,3-6H2,1-2H3. The van der Waals surface area contributed by atoms with Crippen LogP contribution in [0.5, 0.6) is 0 Å². The summed E-state index contributed by atoms with van der Waals surface area (Å²) in [4.78, 5) is 16.3. The number of ketones is 1. The lowest BCUT2D eigenvalue weighted by molar-refractivity contribution is -0.122. The maximum atomic E-state index is 12.1. The minimum atomic E-state index is -0.0676. The van der Waals surface area contributed by atoms with Gasteiger partial charge >= 0.3 is 0 Å². The van der Waals surface area contributed by atoms with Gasteiger partial charge in [0.1, 0.15) is 17.9 Å². The lowest BCUT2D eigenvalue weighted by Gasteiger charge is -2.15. The minimum absolute atomic E-state index is 0.0676. The molecule has 0 aliphatic carbocycles. The Morgan fingerprint density at radius 1 is 1.65 bits per heavy atom. The summed E-state index contributed by atoms with van der Waals surface area (Å²) in [6.07, 6.45) is 1.83. The van der Waals surface area contributed by atoms with Crippen LogP contribution in [0.2, 0.25) is 0 Å². The zero-order chi connectivity index (χ0) is 12.3. The van der Waals surface area contributed by atoms with Gasteiger partial charge in [0.15, 0.2) is 0 Å². The van der Waals surface area contributed by atoms with Crippen molar-refractivity contribution < 1.29 is 9.53 Å². The molecule has 0 amide bonds. The van der Waals surface area contributed by atoms with Gasteiger partial charge in [-0.2, -0.15) is 5.10 Å². The van der Waals surface area contributed by atoms with Crippen LogP contribution in [0.4, 0.5) is 0 Å². The van der Waals surface area contributed by atoms with Crippen LogP contribution < -0.4 is 5.32 Å². The zero-order valence-corrected chi connectivity index (χ0v) is 10.2. The second-order valence-corrected chi connectivity index (χ2v) is 4.17. The Balaban J connectivity index is 2.01. The topological polar surface area (TPSA) is 69.0 Å². The molecule has 0 spiro atoms. The van der Waals surface area contributed by atoms with Crippen LogP contribution in [0, 0.1) is 5.92 Å². The van der Waals surface area contributed by atoms with Crippen molar-refractivity contribution in [2.45, 2.75) is 25.9 Å². The van der Waals surface area contributed by atoms with Crippen molar-refractivity contribution in [2.24, 2.45) is 5.92 Å². The zero-order valence-electron chi connectivity index (χ0n) is 10.2. The first-order valence-electron chi connectivity index (χ1n) is 5.90. The van der Waals surface area contributed by atoms with Crippen LogP contribution in [0.1, 0.15) is 12.7 Å². The molecule has 6 heteroatoms. The molecule has 1 aliphatic rings. The highest BCUT2D eigenvalue weighted by molar-refractivity contribution is 5.83. The molecule has 2 unspecified atom stereocenters. The normalized spacial score (nSPS) is 24.1. The van der Waals surface area contributed by atoms with E-state index in [1.54, 1.807) is 4.68 Å². The summed E-state index contributed by atoms with van der Waals surface area (Å²) in [7, 11) is 1.86. The number of hydrogen-bond acceptors (Lipinski definition) is 5. The van der Waals surface area contributed by atoms with Gasteiger partial charge in [0.25, 0.3) is 0 Å². The van der Waals surface area contributed by atoms with Crippen LogP contribution in [-0.4, -0.2) is 46.9 Å². The van der Waals surface area contributed by atoms with Crippen molar-refractivity contribution in [2.75, 3.05) is 20.3 Å². The summed E-state index contributed by atoms with van der Waals surface area (Å²) < 4.78 is 7.08. The number of likely N-dealkylation sites (N-methyl/N-ethyl adjacent to an activating group) is 1. The fourth-order valence-corrected chi connectivity index (χ4v) is 2.13. The average Bonchev–Trinajstić information content (AvgIpc) is 2.96. The van der Waals surface area contributed by atoms with Gasteiger partial charge in [0.05, 0.1) is 25.6 Å². The number of carbonyl (C=O) groups is 1. The van der Waals surface area contributed by atoms with Gasteiger partial charge in [-0.3, -0.25) is 4.79 Å². The van der Waals surface area contributed by atoms with Gasteiger partial charge in [-0.15, -0.1) is 0 Å². The van der Waals surface area contributed by atoms with Crippen LogP contribution in [0.3, 0.4) is 0 Å². The average molecular weight is 238 g/mol. The van der Waals surface area contributed by atoms with Crippen LogP contribution in [0.15, 0.2) is 6.33 Å². The van der Waals surface area contributed by atoms with Crippen LogP contribution in [0.25, 0.3) is 0 Å². The highest BCUT2D eigenvalue weighted by Crippen LogP contribution is 2.16. The molecule has 0 aromatic carbocycles. The lowest BCUT2D eigenvalue weighted by Crippen LogP contribution is -2.37. The first kappa shape index (κ1) is 12.2. The number of rotatable bonds is 5. The first-order chi connectivity index (χ1) is 8.26. The number of nitrogens with zero attached hydrogens (tertiary/aromatic N) is 3. The minimum Gasteiger partial charge on any atom is -0.379 e. The lowest BCUT2D eigenvalue weighted by atomic mass is 9.96. The molecule has 1 saturated heterocycles. The van der Waals surface area contributed by atoms with Gasteiger partial charge < -0.3 is 10.1 Å². The highest BCUT2D eigenvalue weighted by atomic mass is 16.5. The molecule has 1 aromatic rings. The molecular formula is C11H18N4O2. The Morgan fingerprint density at radius 3 is 3.18 bits per heavy atom. The van der Waals surface area contributed by atoms with Gasteiger partial charge in [0, 0.05) is 12.6 Å². The Hall–Kier alpha value is -1.27. The van der Waals surface area contributed by atoms with Gasteiger partial charge in [-0.1, -0.05) is 0 Å². The molecule has 1 N–H and O–H groups in total. The van der Waals surface area contributed by atoms with Crippen molar-refractivity contribution in [1.29, 1.82) is 0 Å². The fraction of sp³-hybridized carbons (Fsp3) is 0.727. The second kappa shape index (κ2) is 5.37. The molecule has 2 atom stereocenters. The molecule has 2 rings (SSSR count). The van der Waals surface area contributed by atoms with E-state index < -0.39 is 0 Å². The summed E-state index contributed by atoms with van der Waals surface area (Å²) in [5.74, 6) is 0.839. The molecule has 1 aromatic heterocycles. The van der Waals surface area contributed by atoms with E-state index in [1.807, 2.05) is 14.0 Å². The summed E-state index contributed by atoms with van der Waals surface area (Å²) in [5.41, 5.74) is 0. The Morgan fingerprint density at radius 2 is 2.47 bits per heavy atom. The predicted molar refractivity (Wildman–Crippen MR) is 61.6 cm³/mol. The highest BCUT2D eigenvalue weighted by Gasteiger charge is 2.33. The summed E-state index contributed by atoms with van der Waals surface area (Å²) in [5, 5.41) is 7.17. The smallest absolute Gasteiger partial charge is 0.147 e. The molecular weight excluding hydrogens is 220 g/mol. The number of carbonyl (C=O) groups excluding carboxylic acids is 1. The number of aryl methyl sites for hydroxylation is 1. The fourth-order valence-electron chi connectivity index (χ4n) is 2.13. The quantitative estimate of drug-likeness (QED) is 0.759. The molecule has 1 aliphatic heterocycles. The second-order valence-electron chi connectivity index (χ2n) is 4.17. The number of nitrogens with one attached hydrogen (secondary N) is 1. The largest absolute Gasteiger partial charge is 0.379 e. The Labute approximate surface area is 100 Å². The monoisotopic (exact) mass is 238 g/mol. The first-order valence-corrected chi connectivity index (χ1v) is 5.90. The van der Waals surface area contributed by atoms with E-state index in [2.05, 4.69) is 15.4 Å². The molecule has 2 heterocycles. The van der Waals surface area contributed by atoms with E-state index in [-0.39, 0.29) is 17.7 Å². The number of Topliss-reactive ketones (excluding diaryl/α,β-unsaturated/α-hetero) is 1. The molecule has 0 saturated carbocycles. The third-order valence-corrected chi connectivity index (χ3v) is 3.19. The van der Waals surface area contributed by atoms with E-state index in [0.29, 0.717) is 19.6 Å². The van der Waals surface area contributed by atoms with Crippen molar-refractivity contribution in [3.8, 4) is 0 Å². The maximum Gasteiger partial charge on any atom is 0.147 e. The molecule has 0 radical (unpaired) electrons. The van der Waals surface area contributed by atoms with Gasteiger partial charge in [-0.25, -0.2) is 9.67 Å². The summed E-state index contributed by atoms with van der Waals surface area (Å²) in [6, 6.07) is 0.125. The molecule has 1 fully saturated rings. The maximum absolute atomic E-state index is 12.1. The van der Waals surface area contributed by atoms with Crippen molar-refractivity contribution in [3.63, 3.8) is 0 Å². The summed E-state index contributed by atoms with van der Waals surface area (Å²) >= 11 is 0. The predicted octanol–water partition coefficient (Wildman–Crippen LogP) is -0.356. The van der Waals surface area contributed by atoms with E-state index in [1.165, 1.54) is 6.33 Å². The number of hydrogen-bond donors (Lipinski definition) is 1. The number of aromatic nitrogens is 3. The number of ether oxygens (including phenoxy) is 1. The van der Waals surface area contributed by atoms with Gasteiger partial charge in [0.2, 0.25) is 0 Å². The van der Waals surface area contributed by atoms with Crippen molar-refractivity contribution >= 4 is 5.78 Å². The molecule has 6 nitrogen and oxygen atoms in total. The molecule has 0 bridgehead atoms. The van der Waals surface area contributed by atoms with E-state index in [0.717, 1.165) is 12.4 Å². The SMILES string of the molecule is CCn1ncnc1CC(=O)C1COCC1NC. The van der Waals surface area contributed by atoms with Crippen molar-refractivity contribution in [1.82, 2.24) is 20.1 Å². The van der Waals surface area contributed by atoms with E-state index >= 15 is 0 Å². The van der Waals surface area contributed by atoms with Gasteiger partial charge in [-0.05, 0) is 14.0 Å². The van der Waals surface area contributed by atoms with E-state index in [9.17, 15) is 4.79 Å². The Kier molecular flexibility index (Phi) is 3.86. The third kappa shape index (κ3) is 2.53. The van der Waals surface area contributed by atoms with Crippen molar-refractivity contribution in [3.05, 3.63) is 12.2 Å². The molecule has 17 heavy (non-hydrogen) atoms. The van der Waals surface area contributed by atoms with Crippen LogP contribution >= 0.6 is 0 Å².